The van der Waals surface area contributed by atoms with Gasteiger partial charge in [-0.1, -0.05) is 24.8 Å². The molecule has 2 fully saturated rings. The van der Waals surface area contributed by atoms with Crippen LogP contribution in [-0.2, 0) is 4.74 Å². The minimum absolute atomic E-state index is 0.0179. The number of nitrogens with zero attached hydrogens (tertiary/aromatic N) is 1. The minimum atomic E-state index is -0.342. The third-order valence-electron chi connectivity index (χ3n) is 7.07. The lowest BCUT2D eigenvalue weighted by atomic mass is 9.74. The van der Waals surface area contributed by atoms with E-state index in [-0.39, 0.29) is 42.7 Å². The Hall–Kier alpha value is -3.48. The van der Waals surface area contributed by atoms with Crippen molar-refractivity contribution in [3.05, 3.63) is 71.8 Å². The van der Waals surface area contributed by atoms with Gasteiger partial charge in [-0.25, -0.2) is 4.79 Å². The van der Waals surface area contributed by atoms with Crippen LogP contribution in [0.15, 0.2) is 55.1 Å². The number of anilines is 1. The monoisotopic (exact) mass is 475 g/mol. The first-order valence-electron chi connectivity index (χ1n) is 12.6. The van der Waals surface area contributed by atoms with Gasteiger partial charge in [0.1, 0.15) is 12.4 Å². The molecule has 2 N–H and O–H groups in total. The van der Waals surface area contributed by atoms with Crippen molar-refractivity contribution >= 4 is 17.7 Å². The van der Waals surface area contributed by atoms with Crippen LogP contribution in [0.25, 0.3) is 0 Å². The van der Waals surface area contributed by atoms with Crippen molar-refractivity contribution in [2.24, 2.45) is 5.92 Å². The molecule has 1 aliphatic carbocycles. The first kappa shape index (κ1) is 23.3. The van der Waals surface area contributed by atoms with E-state index in [1.165, 1.54) is 0 Å². The molecule has 1 saturated carbocycles. The predicted molar refractivity (Wildman–Crippen MR) is 135 cm³/mol. The summed E-state index contributed by atoms with van der Waals surface area (Å²) in [6, 6.07) is 14.1. The first-order chi connectivity index (χ1) is 17.1. The Kier molecular flexibility index (Phi) is 6.66. The van der Waals surface area contributed by atoms with Crippen LogP contribution in [0.5, 0.6) is 5.75 Å². The number of amides is 2. The number of benzene rings is 2. The smallest absolute Gasteiger partial charge is 0.410 e. The molecule has 2 amide bonds. The van der Waals surface area contributed by atoms with Crippen LogP contribution >= 0.6 is 0 Å². The molecule has 7 heteroatoms. The number of carbonyl (C=O) groups is 2. The minimum Gasteiger partial charge on any atom is -0.494 e. The zero-order valence-corrected chi connectivity index (χ0v) is 20.2. The number of likely N-dealkylation sites (tertiary alicyclic amines) is 1. The average molecular weight is 476 g/mol. The summed E-state index contributed by atoms with van der Waals surface area (Å²) in [5.74, 6) is 0.915. The normalized spacial score (nSPS) is 22.8. The Bertz CT molecular complexity index is 1100. The summed E-state index contributed by atoms with van der Waals surface area (Å²) in [5.41, 5.74) is 3.68. The second-order valence-electron chi connectivity index (χ2n) is 9.48. The maximum absolute atomic E-state index is 13.1. The van der Waals surface area contributed by atoms with Crippen molar-refractivity contribution in [3.8, 4) is 5.75 Å². The van der Waals surface area contributed by atoms with Gasteiger partial charge < -0.3 is 25.0 Å². The van der Waals surface area contributed by atoms with E-state index in [2.05, 4.69) is 29.3 Å². The van der Waals surface area contributed by atoms with Gasteiger partial charge in [-0.15, -0.1) is 0 Å². The van der Waals surface area contributed by atoms with E-state index in [1.807, 2.05) is 42.2 Å². The predicted octanol–water partition coefficient (Wildman–Crippen LogP) is 5.22. The maximum atomic E-state index is 13.1. The van der Waals surface area contributed by atoms with Gasteiger partial charge in [-0.3, -0.25) is 4.79 Å². The molecule has 3 aliphatic rings. The lowest BCUT2D eigenvalue weighted by Gasteiger charge is -2.48. The summed E-state index contributed by atoms with van der Waals surface area (Å²) in [5, 5.41) is 6.79. The highest BCUT2D eigenvalue weighted by Crippen LogP contribution is 2.50. The van der Waals surface area contributed by atoms with E-state index < -0.39 is 0 Å². The van der Waals surface area contributed by atoms with Crippen LogP contribution in [0, 0.1) is 5.92 Å². The van der Waals surface area contributed by atoms with Crippen molar-refractivity contribution in [1.82, 2.24) is 10.2 Å². The van der Waals surface area contributed by atoms with Gasteiger partial charge in [0.25, 0.3) is 5.91 Å². The molecule has 35 heavy (non-hydrogen) atoms. The van der Waals surface area contributed by atoms with Crippen molar-refractivity contribution in [3.63, 3.8) is 0 Å². The highest BCUT2D eigenvalue weighted by molar-refractivity contribution is 5.95. The zero-order chi connectivity index (χ0) is 24.4. The summed E-state index contributed by atoms with van der Waals surface area (Å²) in [6.45, 7) is 7.05. The highest BCUT2D eigenvalue weighted by atomic mass is 16.6. The molecule has 0 aromatic heterocycles. The zero-order valence-electron chi connectivity index (χ0n) is 20.2. The van der Waals surface area contributed by atoms with Crippen LogP contribution in [-0.4, -0.2) is 42.7 Å². The Labute approximate surface area is 206 Å². The van der Waals surface area contributed by atoms with E-state index in [0.29, 0.717) is 18.7 Å². The summed E-state index contributed by atoms with van der Waals surface area (Å²) >= 11 is 0. The van der Waals surface area contributed by atoms with Gasteiger partial charge in [-0.2, -0.15) is 0 Å². The van der Waals surface area contributed by atoms with Gasteiger partial charge in [0.2, 0.25) is 0 Å². The molecule has 184 valence electrons. The number of rotatable bonds is 7. The van der Waals surface area contributed by atoms with Crippen LogP contribution in [0.3, 0.4) is 0 Å². The van der Waals surface area contributed by atoms with Crippen LogP contribution < -0.4 is 15.4 Å². The van der Waals surface area contributed by atoms with Gasteiger partial charge in [0.15, 0.2) is 0 Å². The Morgan fingerprint density at radius 3 is 2.69 bits per heavy atom. The number of carbonyl (C=O) groups excluding carboxylic acids is 2. The molecule has 3 atom stereocenters. The fourth-order valence-electron chi connectivity index (χ4n) is 5.31. The summed E-state index contributed by atoms with van der Waals surface area (Å²) in [7, 11) is 0. The van der Waals surface area contributed by atoms with Crippen molar-refractivity contribution in [2.75, 3.05) is 25.1 Å². The molecule has 7 nitrogen and oxygen atoms in total. The SMILES string of the molecule is C=CCOC(=O)N1CCC[C@H]2C(c3ccc(OCC)cc3)Nc3ccc(C(=O)NC4CC4)cc3[C@H]21. The number of piperidine rings is 1. The molecule has 0 spiro atoms. The molecule has 1 unspecified atom stereocenters. The van der Waals surface area contributed by atoms with Gasteiger partial charge in [-0.05, 0) is 74.1 Å². The molecule has 2 aliphatic heterocycles. The summed E-state index contributed by atoms with van der Waals surface area (Å²) < 4.78 is 11.1. The summed E-state index contributed by atoms with van der Waals surface area (Å²) in [4.78, 5) is 27.7. The molecule has 0 radical (unpaired) electrons. The average Bonchev–Trinajstić information content (AvgIpc) is 3.70. The van der Waals surface area contributed by atoms with Gasteiger partial charge in [0.05, 0.1) is 18.7 Å². The molecule has 2 aromatic rings. The Morgan fingerprint density at radius 2 is 1.97 bits per heavy atom. The van der Waals surface area contributed by atoms with Gasteiger partial charge in [0, 0.05) is 29.8 Å². The van der Waals surface area contributed by atoms with E-state index >= 15 is 0 Å². The molecule has 2 aromatic carbocycles. The molecular weight excluding hydrogens is 442 g/mol. The summed E-state index contributed by atoms with van der Waals surface area (Å²) in [6.07, 6.45) is 5.16. The van der Waals surface area contributed by atoms with E-state index in [1.54, 1.807) is 6.08 Å². The fourth-order valence-corrected chi connectivity index (χ4v) is 5.31. The van der Waals surface area contributed by atoms with Gasteiger partial charge >= 0.3 is 6.09 Å². The molecule has 0 bridgehead atoms. The topological polar surface area (TPSA) is 79.9 Å². The quantitative estimate of drug-likeness (QED) is 0.537. The number of hydrogen-bond donors (Lipinski definition) is 2. The van der Waals surface area contributed by atoms with Crippen molar-refractivity contribution < 1.29 is 19.1 Å². The fraction of sp³-hybridized carbons (Fsp3) is 0.429. The lowest BCUT2D eigenvalue weighted by molar-refractivity contribution is 0.0505. The number of hydrogen-bond acceptors (Lipinski definition) is 5. The second kappa shape index (κ2) is 10.0. The standard InChI is InChI=1S/C28H33N3O4/c1-3-16-35-28(33)31-15-5-6-22-25(18-7-12-21(13-8-18)34-4-2)30-24-14-9-19(17-23(24)26(22)31)27(32)29-20-10-11-20/h3,7-9,12-14,17,20,22,25-26,30H,1,4-6,10-11,15-16H2,2H3,(H,29,32)/t22-,25?,26-/m0/s1. The third-order valence-corrected chi connectivity index (χ3v) is 7.07. The molecule has 1 saturated heterocycles. The largest absolute Gasteiger partial charge is 0.494 e. The number of fused-ring (bicyclic) bond motifs is 3. The van der Waals surface area contributed by atoms with E-state index in [4.69, 9.17) is 9.47 Å². The van der Waals surface area contributed by atoms with Crippen LogP contribution in [0.1, 0.15) is 66.2 Å². The molecule has 5 rings (SSSR count). The Balaban J connectivity index is 1.51. The lowest BCUT2D eigenvalue weighted by Crippen LogP contribution is -2.48. The highest BCUT2D eigenvalue weighted by Gasteiger charge is 2.45. The van der Waals surface area contributed by atoms with E-state index in [0.717, 1.165) is 48.2 Å². The van der Waals surface area contributed by atoms with Crippen LogP contribution in [0.2, 0.25) is 0 Å². The van der Waals surface area contributed by atoms with Crippen molar-refractivity contribution in [1.29, 1.82) is 0 Å². The third kappa shape index (κ3) is 4.85. The maximum Gasteiger partial charge on any atom is 0.410 e. The van der Waals surface area contributed by atoms with Crippen molar-refractivity contribution in [2.45, 2.75) is 50.7 Å². The van der Waals surface area contributed by atoms with Crippen LogP contribution in [0.4, 0.5) is 10.5 Å². The Morgan fingerprint density at radius 1 is 1.17 bits per heavy atom. The molecule has 2 heterocycles. The van der Waals surface area contributed by atoms with E-state index in [9.17, 15) is 9.59 Å². The number of ether oxygens (including phenoxy) is 2. The second-order valence-corrected chi connectivity index (χ2v) is 9.48. The molecular formula is C28H33N3O4. The number of nitrogens with one attached hydrogen (secondary N) is 2. The first-order valence-corrected chi connectivity index (χ1v) is 12.6.